The minimum absolute atomic E-state index is 0.385. The molecule has 5 fully saturated rings. The van der Waals surface area contributed by atoms with Crippen LogP contribution in [0.2, 0.25) is 0 Å². The zero-order valence-electron chi connectivity index (χ0n) is 46.3. The average molecular weight is 1430 g/mol. The van der Waals surface area contributed by atoms with Crippen LogP contribution in [-0.2, 0) is 94.7 Å². The Bertz CT molecular complexity index is 2880. The normalized spacial score (nSPS) is 33.8. The Labute approximate surface area is 492 Å². The van der Waals surface area contributed by atoms with Gasteiger partial charge in [0.2, 0.25) is 0 Å². The molecule has 6 rings (SSSR count). The third-order valence-electron chi connectivity index (χ3n) is 13.3. The molecule has 0 radical (unpaired) electrons. The lowest BCUT2D eigenvalue weighted by Gasteiger charge is -2.40. The number of nitrogens with zero attached hydrogens (tertiary/aromatic N) is 3. The molecule has 0 aromatic carbocycles. The Morgan fingerprint density at radius 3 is 1.19 bits per heavy atom. The lowest BCUT2D eigenvalue weighted by molar-refractivity contribution is -0.0794. The largest absolute Gasteiger partial charge is 0.490 e. The van der Waals surface area contributed by atoms with E-state index in [0.717, 1.165) is 61.2 Å². The van der Waals surface area contributed by atoms with Gasteiger partial charge in [-0.2, -0.15) is 25.9 Å². The lowest BCUT2D eigenvalue weighted by atomic mass is 9.95. The van der Waals surface area contributed by atoms with E-state index in [9.17, 15) is 71.1 Å². The summed E-state index contributed by atoms with van der Waals surface area (Å²) in [5.41, 5.74) is 3.55. The summed E-state index contributed by atoms with van der Waals surface area (Å²) >= 11 is 0. The second kappa shape index (κ2) is 30.6. The van der Waals surface area contributed by atoms with Crippen molar-refractivity contribution in [3.63, 3.8) is 0 Å². The van der Waals surface area contributed by atoms with Crippen LogP contribution in [0.1, 0.15) is 79.6 Å². The average Bonchev–Trinajstić information content (AvgIpc) is 2.11. The maximum Gasteiger partial charge on any atom is 0.490 e. The van der Waals surface area contributed by atoms with Gasteiger partial charge in [0.05, 0.1) is 38.1 Å². The van der Waals surface area contributed by atoms with Crippen molar-refractivity contribution in [2.24, 2.45) is 23.7 Å². The highest BCUT2D eigenvalue weighted by atomic mass is 31.3. The van der Waals surface area contributed by atoms with E-state index in [2.05, 4.69) is 66.1 Å². The van der Waals surface area contributed by atoms with E-state index in [1.54, 1.807) is 25.7 Å². The van der Waals surface area contributed by atoms with Gasteiger partial charge in [-0.25, -0.2) is 41.1 Å². The molecule has 0 amide bonds. The molecule has 0 spiro atoms. The van der Waals surface area contributed by atoms with Crippen LogP contribution in [0.15, 0.2) is 48.6 Å². The smallest absolute Gasteiger partial charge is 0.390 e. The van der Waals surface area contributed by atoms with Gasteiger partial charge in [-0.15, -0.1) is 0 Å². The summed E-state index contributed by atoms with van der Waals surface area (Å²) in [6.07, 6.45) is -0.347. The highest BCUT2D eigenvalue weighted by Gasteiger charge is 2.51. The Morgan fingerprint density at radius 2 is 0.814 bits per heavy atom. The number of hydrogen-bond donors (Lipinski definition) is 15. The van der Waals surface area contributed by atoms with Crippen molar-refractivity contribution in [1.82, 2.24) is 14.7 Å². The Hall–Kier alpha value is -0.650. The van der Waals surface area contributed by atoms with Crippen molar-refractivity contribution in [2.75, 3.05) is 32.9 Å². The van der Waals surface area contributed by atoms with E-state index in [1.807, 2.05) is 22.9 Å². The number of rotatable bonds is 24. The summed E-state index contributed by atoms with van der Waals surface area (Å²) < 4.78 is 154. The molecule has 6 aliphatic heterocycles. The van der Waals surface area contributed by atoms with Gasteiger partial charge in [-0.3, -0.25) is 13.6 Å². The van der Waals surface area contributed by atoms with Gasteiger partial charge in [0.25, 0.3) is 0 Å². The molecule has 48 heteroatoms. The fraction of sp³-hybridized carbons (Fsp3) is 0.789. The standard InChI is InChI=1S/C13H26NO12P3.C13H24NO12P3.C12H24NO12P3/c2*1-8-4-5-9(2)14(6-8)13-10(3)12(15)11(24-13)7-23-28(19,20)26-29(21,22)25-27(16,17)18;1-8-5-3-4-6-13(8)12-9(2)11(14)10(23-12)7-22-27(18,19)25-28(20,21)24-26(15,16)17/h8,10-13,15H,2,4-7H2,1,3H3,(H,19,20)(H,21,22)(H2,16,17,18);6,10-13,15H,2,4-5,7H2,1,3H3,(H,19,20)(H,21,22)(H2,16,17,18);9-12,14H,1,3-7H2,2H3,(H,18,19)(H,20,21)(H2,15,16,17). The molecule has 5 saturated heterocycles. The van der Waals surface area contributed by atoms with Crippen LogP contribution >= 0.6 is 70.4 Å². The Kier molecular flexibility index (Phi) is 27.7. The first-order valence-electron chi connectivity index (χ1n) is 25.3. The van der Waals surface area contributed by atoms with Crippen molar-refractivity contribution in [2.45, 2.75) is 135 Å². The first-order valence-corrected chi connectivity index (χ1v) is 38.9. The minimum Gasteiger partial charge on any atom is -0.390 e. The topological polar surface area (TPSA) is 578 Å². The number of phosphoric ester groups is 3. The number of aliphatic hydroxyl groups excluding tert-OH is 3. The molecule has 6 heterocycles. The number of piperidine rings is 2. The van der Waals surface area contributed by atoms with Crippen molar-refractivity contribution in [1.29, 1.82) is 0 Å². The molecule has 15 N–H and O–H groups in total. The molecular formula is C38H74N3O36P9. The monoisotopic (exact) mass is 1430 g/mol. The van der Waals surface area contributed by atoms with E-state index < -0.39 is 157 Å². The zero-order valence-corrected chi connectivity index (χ0v) is 54.4. The first-order chi connectivity index (χ1) is 38.9. The van der Waals surface area contributed by atoms with Gasteiger partial charge < -0.3 is 103 Å². The van der Waals surface area contributed by atoms with Gasteiger partial charge in [-0.1, -0.05) is 53.0 Å². The third kappa shape index (κ3) is 25.0. The van der Waals surface area contributed by atoms with Crippen molar-refractivity contribution >= 4 is 70.4 Å². The van der Waals surface area contributed by atoms with E-state index in [4.69, 9.17) is 58.3 Å². The number of allylic oxidation sites excluding steroid dienone is 4. The van der Waals surface area contributed by atoms with Crippen LogP contribution in [0.4, 0.5) is 0 Å². The van der Waals surface area contributed by atoms with Crippen molar-refractivity contribution in [3.05, 3.63) is 48.6 Å². The second-order valence-electron chi connectivity index (χ2n) is 20.4. The lowest BCUT2D eigenvalue weighted by Crippen LogP contribution is -2.43. The first kappa shape index (κ1) is 77.8. The number of phosphoric acid groups is 9. The van der Waals surface area contributed by atoms with Crippen LogP contribution in [-0.4, -0.2) is 177 Å². The predicted molar refractivity (Wildman–Crippen MR) is 289 cm³/mol. The van der Waals surface area contributed by atoms with E-state index in [0.29, 0.717) is 25.4 Å². The molecule has 0 bridgehead atoms. The molecule has 0 aromatic heterocycles. The van der Waals surface area contributed by atoms with Crippen molar-refractivity contribution < 1.29 is 169 Å². The Morgan fingerprint density at radius 1 is 0.465 bits per heavy atom. The fourth-order valence-corrected chi connectivity index (χ4v) is 18.4. The maximum absolute atomic E-state index is 11.8. The molecule has 6 aliphatic rings. The fourth-order valence-electron chi connectivity index (χ4n) is 9.27. The molecule has 502 valence electrons. The molecule has 0 aromatic rings. The summed E-state index contributed by atoms with van der Waals surface area (Å²) in [5, 5.41) is 31.1. The molecule has 86 heavy (non-hydrogen) atoms. The molecule has 0 saturated carbocycles. The second-order valence-corrected chi connectivity index (χ2v) is 33.7. The number of aliphatic hydroxyl groups is 3. The van der Waals surface area contributed by atoms with Crippen LogP contribution < -0.4 is 0 Å². The van der Waals surface area contributed by atoms with Crippen LogP contribution in [0.25, 0.3) is 0 Å². The predicted octanol–water partition coefficient (Wildman–Crippen LogP) is 3.91. The SMILES string of the molecule is C=C1CCC(C)=CN1C1OC(COP(=O)(O)OP(=O)(O)OP(=O)(O)O)C(O)C1C.C=C1CCC(C)CN1C1OC(COP(=O)(O)OP(=O)(O)OP(=O)(O)O)C(O)C1C.C=C1CCCCN1C1OC(COP(=O)(O)OP(=O)(O)OP(=O)(O)O)C(O)C1C. The quantitative estimate of drug-likeness (QED) is 0.0609. The number of likely N-dealkylation sites (tertiary alicyclic amines) is 2. The van der Waals surface area contributed by atoms with Crippen LogP contribution in [0.3, 0.4) is 0 Å². The molecule has 39 nitrogen and oxygen atoms in total. The van der Waals surface area contributed by atoms with Gasteiger partial charge in [-0.05, 0) is 57.8 Å². The molecule has 19 unspecified atom stereocenters. The zero-order chi connectivity index (χ0) is 65.7. The highest BCUT2D eigenvalue weighted by molar-refractivity contribution is 7.67. The van der Waals surface area contributed by atoms with Crippen LogP contribution in [0, 0.1) is 23.7 Å². The highest BCUT2D eigenvalue weighted by Crippen LogP contribution is 2.69. The summed E-state index contributed by atoms with van der Waals surface area (Å²) in [7, 11) is -49.0. The van der Waals surface area contributed by atoms with Gasteiger partial charge in [0.15, 0.2) is 0 Å². The third-order valence-corrected chi connectivity index (χ3v) is 24.7. The van der Waals surface area contributed by atoms with E-state index >= 15 is 0 Å². The van der Waals surface area contributed by atoms with Crippen molar-refractivity contribution in [3.8, 4) is 0 Å². The Balaban J connectivity index is 0.000000276. The van der Waals surface area contributed by atoms with Gasteiger partial charge >= 0.3 is 70.4 Å². The molecule has 0 aliphatic carbocycles. The van der Waals surface area contributed by atoms with E-state index in [1.165, 1.54) is 0 Å². The number of hydrogen-bond acceptors (Lipinski definition) is 27. The summed E-state index contributed by atoms with van der Waals surface area (Å²) in [4.78, 5) is 113. The van der Waals surface area contributed by atoms with E-state index in [-0.39, 0.29) is 5.92 Å². The maximum atomic E-state index is 11.8. The van der Waals surface area contributed by atoms with Gasteiger partial charge in [0, 0.05) is 54.1 Å². The number of ether oxygens (including phenoxy) is 3. The summed E-state index contributed by atoms with van der Waals surface area (Å²) in [5.74, 6) is -0.832. The summed E-state index contributed by atoms with van der Waals surface area (Å²) in [6.45, 7) is 20.4. The molecular weight excluding hydrogens is 1350 g/mol. The van der Waals surface area contributed by atoms with Crippen LogP contribution in [0.5, 0.6) is 0 Å². The molecule has 19 atom stereocenters. The van der Waals surface area contributed by atoms with Gasteiger partial charge in [0.1, 0.15) is 37.0 Å². The minimum atomic E-state index is -5.61. The summed E-state index contributed by atoms with van der Waals surface area (Å²) in [6, 6.07) is 0.